The molecule has 0 aromatic heterocycles. The second-order valence-electron chi connectivity index (χ2n) is 13.9. The van der Waals surface area contributed by atoms with E-state index in [2.05, 4.69) is 31.3 Å². The van der Waals surface area contributed by atoms with E-state index in [1.54, 1.807) is 6.08 Å². The molecule has 0 bridgehead atoms. The van der Waals surface area contributed by atoms with E-state index in [0.717, 1.165) is 44.9 Å². The lowest BCUT2D eigenvalue weighted by Gasteiger charge is -2.29. The zero-order valence-electron chi connectivity index (χ0n) is 30.5. The first kappa shape index (κ1) is 45.0. The smallest absolute Gasteiger partial charge is 0.268 e. The van der Waals surface area contributed by atoms with Gasteiger partial charge in [0.2, 0.25) is 5.91 Å². The van der Waals surface area contributed by atoms with E-state index in [1.807, 2.05) is 27.2 Å². The Balaban J connectivity index is 4.30. The third-order valence-electron chi connectivity index (χ3n) is 8.16. The molecule has 0 saturated carbocycles. The number of allylic oxidation sites excluding steroid dienone is 3. The summed E-state index contributed by atoms with van der Waals surface area (Å²) in [6, 6.07) is -0.881. The lowest BCUT2D eigenvalue weighted by atomic mass is 10.1. The van der Waals surface area contributed by atoms with Crippen LogP contribution in [0.4, 0.5) is 0 Å². The number of amides is 1. The number of carbonyl (C=O) groups is 1. The fourth-order valence-corrected chi connectivity index (χ4v) is 5.81. The SMILES string of the molecule is CCCCCC/C=C/C(O)C(COP(=O)([O-])OCC[N+](C)(C)C)NC(=O)CCCCCCCCC/C=C\CCCCCCCCC. The molecule has 0 rings (SSSR count). The Kier molecular flexibility index (Phi) is 29.4. The summed E-state index contributed by atoms with van der Waals surface area (Å²) in [5, 5.41) is 13.5. The van der Waals surface area contributed by atoms with Crippen LogP contribution in [0, 0.1) is 0 Å². The Morgan fingerprint density at radius 2 is 1.20 bits per heavy atom. The van der Waals surface area contributed by atoms with Crippen molar-refractivity contribution < 1.29 is 32.9 Å². The van der Waals surface area contributed by atoms with Gasteiger partial charge in [-0.15, -0.1) is 0 Å². The summed E-state index contributed by atoms with van der Waals surface area (Å²) in [6.07, 6.45) is 32.5. The van der Waals surface area contributed by atoms with Gasteiger partial charge in [-0.3, -0.25) is 9.36 Å². The Bertz CT molecular complexity index is 814. The topological polar surface area (TPSA) is 108 Å². The summed E-state index contributed by atoms with van der Waals surface area (Å²) in [7, 11) is 1.25. The quantitative estimate of drug-likeness (QED) is 0.0312. The average molecular weight is 673 g/mol. The van der Waals surface area contributed by atoms with Crippen molar-refractivity contribution in [2.24, 2.45) is 0 Å². The maximum absolute atomic E-state index is 12.7. The predicted molar refractivity (Wildman–Crippen MR) is 192 cm³/mol. The van der Waals surface area contributed by atoms with Crippen LogP contribution in [0.25, 0.3) is 0 Å². The number of phosphoric acid groups is 1. The Hall–Kier alpha value is -1.02. The first-order valence-corrected chi connectivity index (χ1v) is 20.2. The number of carbonyl (C=O) groups excluding carboxylic acids is 1. The van der Waals surface area contributed by atoms with Crippen molar-refractivity contribution in [2.75, 3.05) is 40.9 Å². The molecule has 0 aliphatic rings. The van der Waals surface area contributed by atoms with Gasteiger partial charge in [-0.05, 0) is 44.9 Å². The number of likely N-dealkylation sites (N-methyl/N-ethyl adjacent to an activating group) is 1. The van der Waals surface area contributed by atoms with Crippen LogP contribution >= 0.6 is 7.82 Å². The molecule has 0 aliphatic heterocycles. The van der Waals surface area contributed by atoms with Crippen LogP contribution in [0.1, 0.15) is 155 Å². The van der Waals surface area contributed by atoms with Crippen molar-refractivity contribution >= 4 is 13.7 Å². The van der Waals surface area contributed by atoms with E-state index in [9.17, 15) is 19.4 Å². The minimum atomic E-state index is -4.57. The van der Waals surface area contributed by atoms with Crippen LogP contribution in [0.15, 0.2) is 24.3 Å². The fraction of sp³-hybridized carbons (Fsp3) is 0.865. The summed E-state index contributed by atoms with van der Waals surface area (Å²) < 4.78 is 22.9. The third-order valence-corrected chi connectivity index (χ3v) is 9.12. The predicted octanol–water partition coefficient (Wildman–Crippen LogP) is 8.77. The number of aliphatic hydroxyl groups excluding tert-OH is 1. The Labute approximate surface area is 284 Å². The summed E-state index contributed by atoms with van der Waals surface area (Å²) in [6.45, 7) is 4.53. The largest absolute Gasteiger partial charge is 0.756 e. The highest BCUT2D eigenvalue weighted by molar-refractivity contribution is 7.45. The van der Waals surface area contributed by atoms with Crippen LogP contribution in [-0.2, 0) is 18.4 Å². The normalized spacial score (nSPS) is 15.0. The minimum absolute atomic E-state index is 0.00206. The number of hydrogen-bond acceptors (Lipinski definition) is 6. The number of nitrogens with zero attached hydrogens (tertiary/aromatic N) is 1. The van der Waals surface area contributed by atoms with Crippen molar-refractivity contribution in [1.82, 2.24) is 5.32 Å². The molecule has 3 unspecified atom stereocenters. The second-order valence-corrected chi connectivity index (χ2v) is 15.3. The van der Waals surface area contributed by atoms with Gasteiger partial charge >= 0.3 is 0 Å². The van der Waals surface area contributed by atoms with Crippen molar-refractivity contribution in [3.63, 3.8) is 0 Å². The van der Waals surface area contributed by atoms with Gasteiger partial charge in [-0.2, -0.15) is 0 Å². The first-order chi connectivity index (χ1) is 22.0. The van der Waals surface area contributed by atoms with E-state index in [-0.39, 0.29) is 19.1 Å². The molecule has 46 heavy (non-hydrogen) atoms. The lowest BCUT2D eigenvalue weighted by molar-refractivity contribution is -0.870. The van der Waals surface area contributed by atoms with Crippen LogP contribution in [0.3, 0.4) is 0 Å². The average Bonchev–Trinajstić information content (AvgIpc) is 2.99. The second kappa shape index (κ2) is 30.1. The van der Waals surface area contributed by atoms with Gasteiger partial charge in [-0.1, -0.05) is 128 Å². The van der Waals surface area contributed by atoms with Crippen molar-refractivity contribution in [3.8, 4) is 0 Å². The van der Waals surface area contributed by atoms with Crippen LogP contribution in [-0.4, -0.2) is 68.5 Å². The van der Waals surface area contributed by atoms with Crippen LogP contribution in [0.2, 0.25) is 0 Å². The van der Waals surface area contributed by atoms with Gasteiger partial charge in [0.15, 0.2) is 0 Å². The number of hydrogen-bond donors (Lipinski definition) is 2. The number of aliphatic hydroxyl groups is 1. The molecule has 0 radical (unpaired) electrons. The minimum Gasteiger partial charge on any atom is -0.756 e. The van der Waals surface area contributed by atoms with Gasteiger partial charge in [0.25, 0.3) is 7.82 Å². The molecule has 8 nitrogen and oxygen atoms in total. The monoisotopic (exact) mass is 673 g/mol. The summed E-state index contributed by atoms with van der Waals surface area (Å²) in [5.41, 5.74) is 0. The van der Waals surface area contributed by atoms with Gasteiger partial charge < -0.3 is 28.8 Å². The van der Waals surface area contributed by atoms with Crippen molar-refractivity contribution in [3.05, 3.63) is 24.3 Å². The van der Waals surface area contributed by atoms with E-state index in [4.69, 9.17) is 9.05 Å². The van der Waals surface area contributed by atoms with E-state index < -0.39 is 20.0 Å². The summed E-state index contributed by atoms with van der Waals surface area (Å²) in [5.74, 6) is -0.209. The highest BCUT2D eigenvalue weighted by Gasteiger charge is 2.23. The molecule has 1 amide bonds. The van der Waals surface area contributed by atoms with Gasteiger partial charge in [0.1, 0.15) is 13.2 Å². The zero-order valence-corrected chi connectivity index (χ0v) is 31.4. The third kappa shape index (κ3) is 31.6. The van der Waals surface area contributed by atoms with Crippen molar-refractivity contribution in [2.45, 2.75) is 167 Å². The lowest BCUT2D eigenvalue weighted by Crippen LogP contribution is -2.45. The molecule has 0 aromatic carbocycles. The molecule has 0 saturated heterocycles. The summed E-state index contributed by atoms with van der Waals surface area (Å²) >= 11 is 0. The molecule has 0 spiro atoms. The van der Waals surface area contributed by atoms with E-state index >= 15 is 0 Å². The Morgan fingerprint density at radius 1 is 0.739 bits per heavy atom. The molecule has 272 valence electrons. The van der Waals surface area contributed by atoms with E-state index in [0.29, 0.717) is 17.4 Å². The number of phosphoric ester groups is 1. The van der Waals surface area contributed by atoms with Crippen molar-refractivity contribution in [1.29, 1.82) is 0 Å². The first-order valence-electron chi connectivity index (χ1n) is 18.7. The standard InChI is InChI=1S/C37H73N2O6P/c1-6-8-10-12-14-15-16-17-18-19-20-21-22-23-24-25-27-29-31-37(41)38-35(36(40)30-28-26-13-11-9-7-2)34-45-46(42,43)44-33-32-39(3,4)5/h18-19,28,30,35-36,40H,6-17,20-27,29,31-34H2,1-5H3,(H-,38,41,42,43)/b19-18-,30-28+. The van der Waals surface area contributed by atoms with Gasteiger partial charge in [0, 0.05) is 6.42 Å². The summed E-state index contributed by atoms with van der Waals surface area (Å²) in [4.78, 5) is 25.0. The van der Waals surface area contributed by atoms with Gasteiger partial charge in [0.05, 0.1) is 39.9 Å². The van der Waals surface area contributed by atoms with Crippen LogP contribution < -0.4 is 10.2 Å². The highest BCUT2D eigenvalue weighted by Crippen LogP contribution is 2.38. The zero-order chi connectivity index (χ0) is 34.4. The molecular weight excluding hydrogens is 599 g/mol. The molecule has 0 heterocycles. The fourth-order valence-electron chi connectivity index (χ4n) is 5.09. The number of unbranched alkanes of at least 4 members (excludes halogenated alkanes) is 18. The molecular formula is C37H73N2O6P. The number of rotatable bonds is 33. The van der Waals surface area contributed by atoms with Crippen LogP contribution in [0.5, 0.6) is 0 Å². The maximum atomic E-state index is 12.7. The maximum Gasteiger partial charge on any atom is 0.268 e. The molecule has 9 heteroatoms. The number of nitrogens with one attached hydrogen (secondary N) is 1. The molecule has 0 aromatic rings. The molecule has 3 atom stereocenters. The molecule has 0 fully saturated rings. The number of quaternary nitrogens is 1. The molecule has 2 N–H and O–H groups in total. The van der Waals surface area contributed by atoms with Gasteiger partial charge in [-0.25, -0.2) is 0 Å². The molecule has 0 aliphatic carbocycles. The highest BCUT2D eigenvalue weighted by atomic mass is 31.2. The van der Waals surface area contributed by atoms with E-state index in [1.165, 1.54) is 89.9 Å². The Morgan fingerprint density at radius 3 is 1.72 bits per heavy atom.